The van der Waals surface area contributed by atoms with E-state index in [1.165, 1.54) is 23.3 Å². The summed E-state index contributed by atoms with van der Waals surface area (Å²) < 4.78 is 14.3. The molecule has 2 heterocycles. The van der Waals surface area contributed by atoms with E-state index in [0.717, 1.165) is 30.6 Å². The summed E-state index contributed by atoms with van der Waals surface area (Å²) in [6.45, 7) is 3.71. The largest absolute Gasteiger partial charge is 0.338 e. The van der Waals surface area contributed by atoms with Gasteiger partial charge < -0.3 is 15.6 Å². The highest BCUT2D eigenvalue weighted by atomic mass is 19.1. The van der Waals surface area contributed by atoms with Gasteiger partial charge in [0.25, 0.3) is 5.91 Å². The highest BCUT2D eigenvalue weighted by Gasteiger charge is 2.18. The Kier molecular flexibility index (Phi) is 4.56. The molecule has 5 nitrogen and oxygen atoms in total. The minimum absolute atomic E-state index is 0.206. The van der Waals surface area contributed by atoms with Crippen LogP contribution < -0.4 is 10.6 Å². The molecular weight excluding hydrogens is 379 g/mol. The number of H-pyrrole nitrogens is 1. The first-order chi connectivity index (χ1) is 14.6. The van der Waals surface area contributed by atoms with Gasteiger partial charge in [-0.3, -0.25) is 4.79 Å². The number of aromatic amines is 1. The number of amides is 1. The number of hydrogen-bond donors (Lipinski definition) is 3. The van der Waals surface area contributed by atoms with E-state index in [1.807, 2.05) is 36.4 Å². The zero-order valence-electron chi connectivity index (χ0n) is 16.6. The number of nitrogens with one attached hydrogen (secondary N) is 3. The van der Waals surface area contributed by atoms with Crippen LogP contribution in [0.4, 0.5) is 10.1 Å². The van der Waals surface area contributed by atoms with Crippen LogP contribution in [-0.4, -0.2) is 15.9 Å². The standard InChI is InChI=1S/C24H21FN4O/c1-2-14-4-3-5-15(8-14)23-28-21-11-18(25)10-20(22(21)29-23)24(30)27-19-7-6-16-12-26-13-17(16)9-19/h3-11,26H,2,12-13H2,1H3,(H,27,30)(H,28,29). The number of aromatic nitrogens is 2. The Labute approximate surface area is 173 Å². The van der Waals surface area contributed by atoms with Gasteiger partial charge in [0.1, 0.15) is 17.2 Å². The molecule has 0 bridgehead atoms. The molecule has 0 aliphatic carbocycles. The number of imidazole rings is 1. The van der Waals surface area contributed by atoms with E-state index in [0.29, 0.717) is 22.5 Å². The van der Waals surface area contributed by atoms with Crippen molar-refractivity contribution in [3.8, 4) is 11.4 Å². The molecule has 1 aliphatic heterocycles. The van der Waals surface area contributed by atoms with Crippen molar-refractivity contribution in [1.29, 1.82) is 0 Å². The molecule has 1 aliphatic rings. The third-order valence-corrected chi connectivity index (χ3v) is 5.50. The molecule has 1 amide bonds. The molecule has 0 spiro atoms. The van der Waals surface area contributed by atoms with Crippen LogP contribution in [0, 0.1) is 5.82 Å². The van der Waals surface area contributed by atoms with Crippen LogP contribution in [0.5, 0.6) is 0 Å². The van der Waals surface area contributed by atoms with Gasteiger partial charge in [-0.1, -0.05) is 31.2 Å². The first-order valence-electron chi connectivity index (χ1n) is 10.0. The summed E-state index contributed by atoms with van der Waals surface area (Å²) in [7, 11) is 0. The van der Waals surface area contributed by atoms with Gasteiger partial charge in [0, 0.05) is 24.3 Å². The fourth-order valence-electron chi connectivity index (χ4n) is 3.90. The fraction of sp³-hybridized carbons (Fsp3) is 0.167. The second kappa shape index (κ2) is 7.39. The van der Waals surface area contributed by atoms with E-state index < -0.39 is 5.82 Å². The Bertz CT molecular complexity index is 1280. The van der Waals surface area contributed by atoms with Crippen LogP contribution in [0.1, 0.15) is 34.0 Å². The number of carbonyl (C=O) groups excluding carboxylic acids is 1. The number of anilines is 1. The number of hydrogen-bond acceptors (Lipinski definition) is 3. The average molecular weight is 400 g/mol. The summed E-state index contributed by atoms with van der Waals surface area (Å²) in [6, 6.07) is 16.4. The third-order valence-electron chi connectivity index (χ3n) is 5.50. The molecule has 1 aromatic heterocycles. The lowest BCUT2D eigenvalue weighted by Crippen LogP contribution is -2.13. The van der Waals surface area contributed by atoms with Gasteiger partial charge in [-0.2, -0.15) is 0 Å². The molecule has 3 N–H and O–H groups in total. The number of rotatable bonds is 4. The zero-order valence-corrected chi connectivity index (χ0v) is 16.6. The van der Waals surface area contributed by atoms with Crippen LogP contribution >= 0.6 is 0 Å². The molecule has 30 heavy (non-hydrogen) atoms. The molecule has 0 saturated carbocycles. The molecule has 4 aromatic rings. The van der Waals surface area contributed by atoms with E-state index >= 15 is 0 Å². The second-order valence-corrected chi connectivity index (χ2v) is 7.53. The van der Waals surface area contributed by atoms with E-state index in [2.05, 4.69) is 33.6 Å². The summed E-state index contributed by atoms with van der Waals surface area (Å²) in [5.74, 6) is -0.252. The minimum atomic E-state index is -0.483. The maximum absolute atomic E-state index is 14.3. The van der Waals surface area contributed by atoms with E-state index in [4.69, 9.17) is 0 Å². The van der Waals surface area contributed by atoms with E-state index in [1.54, 1.807) is 0 Å². The Hall–Kier alpha value is -3.51. The van der Waals surface area contributed by atoms with Crippen molar-refractivity contribution >= 4 is 22.6 Å². The molecule has 0 unspecified atom stereocenters. The first-order valence-corrected chi connectivity index (χ1v) is 10.0. The molecule has 6 heteroatoms. The quantitative estimate of drug-likeness (QED) is 0.461. The molecule has 150 valence electrons. The van der Waals surface area contributed by atoms with Crippen LogP contribution in [0.2, 0.25) is 0 Å². The highest BCUT2D eigenvalue weighted by molar-refractivity contribution is 6.11. The third kappa shape index (κ3) is 3.35. The van der Waals surface area contributed by atoms with Crippen molar-refractivity contribution in [3.05, 3.63) is 82.7 Å². The minimum Gasteiger partial charge on any atom is -0.338 e. The number of aryl methyl sites for hydroxylation is 1. The predicted molar refractivity (Wildman–Crippen MR) is 116 cm³/mol. The molecule has 0 fully saturated rings. The Morgan fingerprint density at radius 2 is 1.97 bits per heavy atom. The predicted octanol–water partition coefficient (Wildman–Crippen LogP) is 4.79. The van der Waals surface area contributed by atoms with Crippen LogP contribution in [0.25, 0.3) is 22.4 Å². The Morgan fingerprint density at radius 3 is 2.83 bits per heavy atom. The highest BCUT2D eigenvalue weighted by Crippen LogP contribution is 2.26. The lowest BCUT2D eigenvalue weighted by molar-refractivity contribution is 0.102. The van der Waals surface area contributed by atoms with Gasteiger partial charge in [0.05, 0.1) is 11.1 Å². The van der Waals surface area contributed by atoms with Gasteiger partial charge >= 0.3 is 0 Å². The van der Waals surface area contributed by atoms with Gasteiger partial charge in [0.15, 0.2) is 0 Å². The van der Waals surface area contributed by atoms with Gasteiger partial charge in [-0.05, 0) is 53.4 Å². The molecule has 5 rings (SSSR count). The van der Waals surface area contributed by atoms with E-state index in [-0.39, 0.29) is 11.5 Å². The summed E-state index contributed by atoms with van der Waals surface area (Å²) >= 11 is 0. The summed E-state index contributed by atoms with van der Waals surface area (Å²) in [6.07, 6.45) is 0.909. The monoisotopic (exact) mass is 400 g/mol. The molecule has 0 saturated heterocycles. The first kappa shape index (κ1) is 18.5. The van der Waals surface area contributed by atoms with Crippen LogP contribution in [-0.2, 0) is 19.5 Å². The zero-order chi connectivity index (χ0) is 20.7. The lowest BCUT2D eigenvalue weighted by atomic mass is 10.1. The van der Waals surface area contributed by atoms with Gasteiger partial charge in [0.2, 0.25) is 0 Å². The number of benzene rings is 3. The molecular formula is C24H21FN4O. The average Bonchev–Trinajstić information content (AvgIpc) is 3.39. The normalized spacial score (nSPS) is 12.9. The second-order valence-electron chi connectivity index (χ2n) is 7.53. The SMILES string of the molecule is CCc1cccc(-c2nc3c(C(=O)Nc4ccc5c(c4)CNC5)cc(F)cc3[nH]2)c1. The molecule has 0 radical (unpaired) electrons. The van der Waals surface area contributed by atoms with Crippen molar-refractivity contribution in [1.82, 2.24) is 15.3 Å². The maximum atomic E-state index is 14.3. The molecule has 3 aromatic carbocycles. The van der Waals surface area contributed by atoms with Crippen LogP contribution in [0.15, 0.2) is 54.6 Å². The smallest absolute Gasteiger partial charge is 0.258 e. The summed E-state index contributed by atoms with van der Waals surface area (Å²) in [4.78, 5) is 20.8. The molecule has 0 atom stereocenters. The van der Waals surface area contributed by atoms with E-state index in [9.17, 15) is 9.18 Å². The number of carbonyl (C=O) groups is 1. The van der Waals surface area contributed by atoms with Crippen molar-refractivity contribution in [3.63, 3.8) is 0 Å². The summed E-state index contributed by atoms with van der Waals surface area (Å²) in [5, 5.41) is 6.17. The van der Waals surface area contributed by atoms with Crippen molar-refractivity contribution < 1.29 is 9.18 Å². The number of nitrogens with zero attached hydrogens (tertiary/aromatic N) is 1. The van der Waals surface area contributed by atoms with Crippen molar-refractivity contribution in [2.45, 2.75) is 26.4 Å². The lowest BCUT2D eigenvalue weighted by Gasteiger charge is -2.08. The fourth-order valence-corrected chi connectivity index (χ4v) is 3.90. The van der Waals surface area contributed by atoms with Gasteiger partial charge in [-0.25, -0.2) is 9.37 Å². The number of halogens is 1. The Balaban J connectivity index is 1.52. The summed E-state index contributed by atoms with van der Waals surface area (Å²) in [5.41, 5.74) is 6.32. The van der Waals surface area contributed by atoms with Gasteiger partial charge in [-0.15, -0.1) is 0 Å². The van der Waals surface area contributed by atoms with Crippen molar-refractivity contribution in [2.24, 2.45) is 0 Å². The Morgan fingerprint density at radius 1 is 1.10 bits per heavy atom. The maximum Gasteiger partial charge on any atom is 0.258 e. The van der Waals surface area contributed by atoms with Crippen LogP contribution in [0.3, 0.4) is 0 Å². The number of fused-ring (bicyclic) bond motifs is 2. The van der Waals surface area contributed by atoms with Crippen molar-refractivity contribution in [2.75, 3.05) is 5.32 Å². The topological polar surface area (TPSA) is 69.8 Å².